The lowest BCUT2D eigenvalue weighted by atomic mass is 9.83. The van der Waals surface area contributed by atoms with Crippen LogP contribution in [0.4, 0.5) is 11.8 Å². The van der Waals surface area contributed by atoms with Crippen LogP contribution >= 0.6 is 0 Å². The third-order valence-electron chi connectivity index (χ3n) is 3.27. The maximum Gasteiger partial charge on any atom is 0.224 e. The van der Waals surface area contributed by atoms with Crippen LogP contribution in [0.5, 0.6) is 0 Å². The normalized spacial score (nSPS) is 15.6. The molecule has 1 aromatic heterocycles. The Hall–Kier alpha value is -1.32. The summed E-state index contributed by atoms with van der Waals surface area (Å²) in [6.07, 6.45) is 7.35. The molecule has 0 saturated heterocycles. The zero-order valence-electron chi connectivity index (χ0n) is 10.1. The van der Waals surface area contributed by atoms with Crippen molar-refractivity contribution in [3.05, 3.63) is 11.8 Å². The van der Waals surface area contributed by atoms with E-state index in [1.807, 2.05) is 20.2 Å². The van der Waals surface area contributed by atoms with E-state index in [0.29, 0.717) is 5.95 Å². The summed E-state index contributed by atoms with van der Waals surface area (Å²) >= 11 is 0. The zero-order valence-corrected chi connectivity index (χ0v) is 10.1. The van der Waals surface area contributed by atoms with E-state index < -0.39 is 0 Å². The summed E-state index contributed by atoms with van der Waals surface area (Å²) in [5.74, 6) is 2.58. The Morgan fingerprint density at radius 2 is 2.25 bits per heavy atom. The van der Waals surface area contributed by atoms with Gasteiger partial charge < -0.3 is 10.6 Å². The van der Waals surface area contributed by atoms with Crippen molar-refractivity contribution in [3.63, 3.8) is 0 Å². The molecule has 0 aromatic carbocycles. The van der Waals surface area contributed by atoms with Crippen molar-refractivity contribution in [2.24, 2.45) is 5.92 Å². The molecular weight excluding hydrogens is 200 g/mol. The van der Waals surface area contributed by atoms with Crippen LogP contribution < -0.4 is 10.6 Å². The minimum Gasteiger partial charge on any atom is -0.370 e. The number of hydrogen-bond acceptors (Lipinski definition) is 4. The van der Waals surface area contributed by atoms with Crippen molar-refractivity contribution >= 4 is 11.8 Å². The molecule has 0 amide bonds. The van der Waals surface area contributed by atoms with Crippen LogP contribution in [0, 0.1) is 12.8 Å². The van der Waals surface area contributed by atoms with Gasteiger partial charge in [-0.1, -0.05) is 19.3 Å². The Kier molecular flexibility index (Phi) is 3.59. The molecule has 0 aliphatic heterocycles. The summed E-state index contributed by atoms with van der Waals surface area (Å²) in [7, 11) is 1.84. The summed E-state index contributed by atoms with van der Waals surface area (Å²) in [5.41, 5.74) is 1.10. The van der Waals surface area contributed by atoms with Gasteiger partial charge in [0.1, 0.15) is 5.82 Å². The second-order valence-corrected chi connectivity index (χ2v) is 4.49. The molecule has 1 aliphatic carbocycles. The molecule has 1 heterocycles. The zero-order chi connectivity index (χ0) is 11.4. The van der Waals surface area contributed by atoms with Crippen molar-refractivity contribution in [3.8, 4) is 0 Å². The molecule has 16 heavy (non-hydrogen) atoms. The first-order valence-electron chi connectivity index (χ1n) is 6.05. The monoisotopic (exact) mass is 220 g/mol. The second kappa shape index (κ2) is 5.14. The van der Waals surface area contributed by atoms with E-state index in [1.165, 1.54) is 25.7 Å². The quantitative estimate of drug-likeness (QED) is 0.800. The Labute approximate surface area is 96.9 Å². The van der Waals surface area contributed by atoms with Crippen LogP contribution in [-0.4, -0.2) is 23.6 Å². The maximum atomic E-state index is 4.40. The minimum atomic E-state index is 0.678. The van der Waals surface area contributed by atoms with Gasteiger partial charge in [0.05, 0.1) is 0 Å². The lowest BCUT2D eigenvalue weighted by molar-refractivity contribution is 0.303. The average molecular weight is 220 g/mol. The molecule has 4 heteroatoms. The number of rotatable bonds is 5. The summed E-state index contributed by atoms with van der Waals surface area (Å²) in [6.45, 7) is 3.05. The van der Waals surface area contributed by atoms with E-state index in [0.717, 1.165) is 23.8 Å². The predicted molar refractivity (Wildman–Crippen MR) is 66.8 cm³/mol. The number of nitrogens with one attached hydrogen (secondary N) is 2. The Bertz CT molecular complexity index is 347. The topological polar surface area (TPSA) is 49.8 Å². The van der Waals surface area contributed by atoms with Crippen molar-refractivity contribution < 1.29 is 0 Å². The van der Waals surface area contributed by atoms with Gasteiger partial charge in [0.15, 0.2) is 0 Å². The Morgan fingerprint density at radius 3 is 2.88 bits per heavy atom. The lowest BCUT2D eigenvalue weighted by Gasteiger charge is -2.25. The van der Waals surface area contributed by atoms with Gasteiger partial charge in [0.25, 0.3) is 0 Å². The van der Waals surface area contributed by atoms with Crippen molar-refractivity contribution in [1.29, 1.82) is 0 Å². The van der Waals surface area contributed by atoms with Gasteiger partial charge in [-0.3, -0.25) is 0 Å². The van der Waals surface area contributed by atoms with Gasteiger partial charge in [-0.2, -0.15) is 4.98 Å². The van der Waals surface area contributed by atoms with Gasteiger partial charge in [-0.15, -0.1) is 0 Å². The van der Waals surface area contributed by atoms with E-state index in [1.54, 1.807) is 0 Å². The van der Waals surface area contributed by atoms with Crippen LogP contribution in [0.1, 0.15) is 31.2 Å². The molecule has 0 unspecified atom stereocenters. The standard InChI is InChI=1S/C12H20N4/c1-9-8-15-12(13-2)16-11(9)14-7-6-10-4-3-5-10/h8,10H,3-7H2,1-2H3,(H2,13,14,15,16). The molecule has 1 aromatic rings. The highest BCUT2D eigenvalue weighted by Gasteiger charge is 2.16. The summed E-state index contributed by atoms with van der Waals surface area (Å²) in [4.78, 5) is 8.56. The van der Waals surface area contributed by atoms with Gasteiger partial charge in [0, 0.05) is 25.4 Å². The molecule has 1 saturated carbocycles. The average Bonchev–Trinajstić information content (AvgIpc) is 2.24. The van der Waals surface area contributed by atoms with Crippen LogP contribution in [0.25, 0.3) is 0 Å². The number of hydrogen-bond donors (Lipinski definition) is 2. The van der Waals surface area contributed by atoms with E-state index in [9.17, 15) is 0 Å². The molecule has 0 spiro atoms. The Balaban J connectivity index is 1.86. The molecule has 4 nitrogen and oxygen atoms in total. The van der Waals surface area contributed by atoms with E-state index in [2.05, 4.69) is 20.6 Å². The van der Waals surface area contributed by atoms with Gasteiger partial charge >= 0.3 is 0 Å². The smallest absolute Gasteiger partial charge is 0.224 e. The van der Waals surface area contributed by atoms with Crippen LogP contribution in [0.3, 0.4) is 0 Å². The van der Waals surface area contributed by atoms with Crippen molar-refractivity contribution in [2.45, 2.75) is 32.6 Å². The molecule has 1 aliphatic rings. The fourth-order valence-corrected chi connectivity index (χ4v) is 1.92. The highest BCUT2D eigenvalue weighted by atomic mass is 15.1. The number of aromatic nitrogens is 2. The SMILES string of the molecule is CNc1ncc(C)c(NCCC2CCC2)n1. The molecule has 88 valence electrons. The largest absolute Gasteiger partial charge is 0.370 e. The second-order valence-electron chi connectivity index (χ2n) is 4.49. The third kappa shape index (κ3) is 2.62. The predicted octanol–water partition coefficient (Wildman–Crippen LogP) is 2.43. The summed E-state index contributed by atoms with van der Waals surface area (Å²) < 4.78 is 0. The van der Waals surface area contributed by atoms with E-state index >= 15 is 0 Å². The Morgan fingerprint density at radius 1 is 1.44 bits per heavy atom. The number of aryl methyl sites for hydroxylation is 1. The minimum absolute atomic E-state index is 0.678. The highest BCUT2D eigenvalue weighted by molar-refractivity contribution is 5.46. The first kappa shape index (κ1) is 11.2. The number of nitrogens with zero attached hydrogens (tertiary/aromatic N) is 2. The summed E-state index contributed by atoms with van der Waals surface area (Å²) in [6, 6.07) is 0. The molecule has 0 radical (unpaired) electrons. The van der Waals surface area contributed by atoms with Crippen molar-refractivity contribution in [1.82, 2.24) is 9.97 Å². The van der Waals surface area contributed by atoms with E-state index in [4.69, 9.17) is 0 Å². The van der Waals surface area contributed by atoms with Crippen LogP contribution in [-0.2, 0) is 0 Å². The first-order chi connectivity index (χ1) is 7.79. The maximum absolute atomic E-state index is 4.40. The fourth-order valence-electron chi connectivity index (χ4n) is 1.92. The van der Waals surface area contributed by atoms with Crippen LogP contribution in [0.15, 0.2) is 6.20 Å². The van der Waals surface area contributed by atoms with Crippen LogP contribution in [0.2, 0.25) is 0 Å². The molecule has 2 N–H and O–H groups in total. The highest BCUT2D eigenvalue weighted by Crippen LogP contribution is 2.29. The molecular formula is C12H20N4. The lowest BCUT2D eigenvalue weighted by Crippen LogP contribution is -2.16. The fraction of sp³-hybridized carbons (Fsp3) is 0.667. The van der Waals surface area contributed by atoms with Gasteiger partial charge in [0.2, 0.25) is 5.95 Å². The van der Waals surface area contributed by atoms with Gasteiger partial charge in [-0.25, -0.2) is 4.98 Å². The molecule has 2 rings (SSSR count). The molecule has 0 bridgehead atoms. The molecule has 1 fully saturated rings. The van der Waals surface area contributed by atoms with Crippen molar-refractivity contribution in [2.75, 3.05) is 24.2 Å². The van der Waals surface area contributed by atoms with Gasteiger partial charge in [-0.05, 0) is 19.3 Å². The third-order valence-corrected chi connectivity index (χ3v) is 3.27. The summed E-state index contributed by atoms with van der Waals surface area (Å²) in [5, 5.41) is 6.35. The molecule has 0 atom stereocenters. The first-order valence-corrected chi connectivity index (χ1v) is 6.05. The van der Waals surface area contributed by atoms with E-state index in [-0.39, 0.29) is 0 Å². The number of anilines is 2.